The number of benzene rings is 11. The Bertz CT molecular complexity index is 6030. The molecule has 31 heteroatoms. The first-order valence-corrected chi connectivity index (χ1v) is 48.3. The highest BCUT2D eigenvalue weighted by Gasteiger charge is 2.62. The normalized spacial score (nSPS) is 21.0. The van der Waals surface area contributed by atoms with E-state index in [1.165, 1.54) is 228 Å². The summed E-state index contributed by atoms with van der Waals surface area (Å²) in [4.78, 5) is 156. The van der Waals surface area contributed by atoms with Crippen LogP contribution in [0.4, 0.5) is 0 Å². The van der Waals surface area contributed by atoms with E-state index >= 15 is 33.6 Å². The van der Waals surface area contributed by atoms with Crippen LogP contribution in [0.3, 0.4) is 0 Å². The van der Waals surface area contributed by atoms with Crippen molar-refractivity contribution in [1.29, 1.82) is 0 Å². The number of ether oxygens (including phenoxy) is 18. The van der Waals surface area contributed by atoms with Gasteiger partial charge < -0.3 is 85.3 Å². The summed E-state index contributed by atoms with van der Waals surface area (Å²) in [6.45, 7) is -1.36. The van der Waals surface area contributed by atoms with Crippen LogP contribution in [-0.4, -0.2) is 197 Å². The third kappa shape index (κ3) is 30.6. The zero-order chi connectivity index (χ0) is 101. The zero-order valence-corrected chi connectivity index (χ0v) is 79.9. The van der Waals surface area contributed by atoms with Crippen LogP contribution in [0.1, 0.15) is 193 Å². The molecule has 3 fully saturated rings. The molecule has 11 aromatic rings. The van der Waals surface area contributed by atoms with Gasteiger partial charge in [-0.05, 0) is 157 Å². The molecule has 0 unspecified atom stereocenters. The largest absolute Gasteiger partial charge is 0.497 e. The lowest BCUT2D eigenvalue weighted by Gasteiger charge is -2.50. The lowest BCUT2D eigenvalue weighted by atomic mass is 9.94. The van der Waals surface area contributed by atoms with Gasteiger partial charge in [0.25, 0.3) is 0 Å². The molecule has 0 radical (unpaired) electrons. The summed E-state index contributed by atoms with van der Waals surface area (Å²) in [6.07, 6.45) is -17.3. The van der Waals surface area contributed by atoms with Gasteiger partial charge in [-0.1, -0.05) is 283 Å². The van der Waals surface area contributed by atoms with Gasteiger partial charge in [-0.25, -0.2) is 47.9 Å². The van der Waals surface area contributed by atoms with Crippen LogP contribution in [0.25, 0.3) is 10.4 Å². The first-order chi connectivity index (χ1) is 71.0. The molecule has 11 aromatic carbocycles. The number of rotatable bonds is 49. The summed E-state index contributed by atoms with van der Waals surface area (Å²) in [5.74, 6) is -10.4. The minimum atomic E-state index is -2.45. The van der Waals surface area contributed by atoms with E-state index in [1.54, 1.807) is 152 Å². The van der Waals surface area contributed by atoms with Crippen molar-refractivity contribution in [2.45, 2.75) is 195 Å². The second-order valence-electron chi connectivity index (χ2n) is 34.4. The third-order valence-electron chi connectivity index (χ3n) is 24.2. The van der Waals surface area contributed by atoms with Crippen LogP contribution in [0, 0.1) is 0 Å². The van der Waals surface area contributed by atoms with Crippen LogP contribution in [0.5, 0.6) is 5.75 Å². The van der Waals surface area contributed by atoms with Crippen LogP contribution in [0.2, 0.25) is 0 Å². The molecule has 752 valence electrons. The fourth-order valence-electron chi connectivity index (χ4n) is 16.6. The standard InChI is InChI=1S/C114H113N3O28/c1-3-4-5-6-7-8-9-10-11-12-13-14-45-66-89(129-71-76-67-69-87(128-2)70-68-76)88(116-117-115)72-133-112-99(141-109(125)84-60-39-22-40-61-84)97(140-108(124)83-58-37-21-38-59-83)95(92(134-112)75-132-104(120)79-50-29-17-30-51-79)144-113-101(143-111(127)86-64-43-24-44-65-86)98(94(138-106(122)81-54-33-19-34-55-81)91(135-113)74-131-103(119)78-48-27-16-28-49-78)145-114-100(142-110(126)85-62-41-23-42-63-85)96(139-107(123)82-56-35-20-36-57-82)93(137-105(121)80-52-31-18-32-53-80)90(136-114)73-130-102(118)77-46-25-15-26-47-77/h15-70,88-101,112-114H,3-14,71-75H2,1-2H3/b66-45+/t88-,89+,90+,91+,92+,93-,94-,95+,96-,97-,98-,99+,100+,101+,112+,113-,114+/m0/s1. The molecule has 3 heterocycles. The van der Waals surface area contributed by atoms with Crippen molar-refractivity contribution >= 4 is 59.7 Å². The number of carbonyl (C=O) groups excluding carboxylic acids is 10. The SMILES string of the molecule is CCCCCCCCCCCCC/C=C/[C@@H](OCc1ccc(OC)cc1)[C@H](CO[C@@H]1O[C@H](COC(=O)c2ccccc2)[C@@H](O[C@@H]2O[C@H](COC(=O)c3ccccc3)[C@H](OC(=O)c3ccccc3)[C@H](O[C@H]3O[C@H](COC(=O)c4ccccc4)[C@H](OC(=O)c4ccccc4)[C@H](OC(=O)c4ccccc4)[C@H]3OC(=O)c3ccccc3)[C@H]2OC(=O)c2ccccc2)[C@H](OC(=O)c2ccccc2)[C@H]1OC(=O)c1ccccc1)N=[N+]=[N-]. The lowest BCUT2D eigenvalue weighted by molar-refractivity contribution is -0.377. The number of unbranched alkanes of at least 4 members (excludes halogenated alkanes) is 11. The minimum Gasteiger partial charge on any atom is -0.497 e. The molecule has 31 nitrogen and oxygen atoms in total. The maximum Gasteiger partial charge on any atom is 0.338 e. The number of hydrogen-bond acceptors (Lipinski definition) is 29. The average molecular weight is 1970 g/mol. The highest BCUT2D eigenvalue weighted by Crippen LogP contribution is 2.41. The van der Waals surface area contributed by atoms with E-state index in [0.29, 0.717) is 17.7 Å². The Morgan fingerprint density at radius 1 is 0.317 bits per heavy atom. The van der Waals surface area contributed by atoms with Gasteiger partial charge in [-0.3, -0.25) is 0 Å². The zero-order valence-electron chi connectivity index (χ0n) is 79.9. The van der Waals surface area contributed by atoms with E-state index in [4.69, 9.17) is 85.3 Å². The molecule has 0 saturated carbocycles. The Morgan fingerprint density at radius 2 is 0.586 bits per heavy atom. The Kier molecular flexibility index (Phi) is 40.3. The predicted octanol–water partition coefficient (Wildman–Crippen LogP) is 19.6. The van der Waals surface area contributed by atoms with Gasteiger partial charge in [0.1, 0.15) is 56.1 Å². The topological polar surface area (TPSA) is 386 Å². The predicted molar refractivity (Wildman–Crippen MR) is 526 cm³/mol. The van der Waals surface area contributed by atoms with Gasteiger partial charge in [0, 0.05) is 4.91 Å². The van der Waals surface area contributed by atoms with E-state index in [2.05, 4.69) is 16.9 Å². The minimum absolute atomic E-state index is 0.0132. The van der Waals surface area contributed by atoms with Crippen molar-refractivity contribution in [3.63, 3.8) is 0 Å². The van der Waals surface area contributed by atoms with Crippen LogP contribution >= 0.6 is 0 Å². The van der Waals surface area contributed by atoms with E-state index in [0.717, 1.165) is 32.1 Å². The number of methoxy groups -OCH3 is 1. The summed E-state index contributed by atoms with van der Waals surface area (Å²) in [6, 6.07) is 81.3. The molecule has 0 N–H and O–H groups in total. The number of azide groups is 1. The highest BCUT2D eigenvalue weighted by molar-refractivity contribution is 5.94. The molecule has 14 rings (SSSR count). The highest BCUT2D eigenvalue weighted by atomic mass is 16.8. The van der Waals surface area contributed by atoms with Gasteiger partial charge in [0.05, 0.1) is 88.1 Å². The quantitative estimate of drug-likeness (QED) is 0.00650. The van der Waals surface area contributed by atoms with E-state index in [1.807, 2.05) is 6.08 Å². The molecule has 3 aliphatic rings. The number of nitrogens with zero attached hydrogens (tertiary/aromatic N) is 3. The van der Waals surface area contributed by atoms with Crippen molar-refractivity contribution in [3.8, 4) is 5.75 Å². The number of carbonyl (C=O) groups is 10. The van der Waals surface area contributed by atoms with Gasteiger partial charge >= 0.3 is 59.7 Å². The van der Waals surface area contributed by atoms with E-state index < -0.39 is 190 Å². The third-order valence-corrected chi connectivity index (χ3v) is 24.2. The second-order valence-corrected chi connectivity index (χ2v) is 34.4. The molecular formula is C114H113N3O28. The van der Waals surface area contributed by atoms with Crippen molar-refractivity contribution in [2.24, 2.45) is 5.11 Å². The lowest BCUT2D eigenvalue weighted by Crippen LogP contribution is -2.69. The smallest absolute Gasteiger partial charge is 0.338 e. The fourth-order valence-corrected chi connectivity index (χ4v) is 16.6. The van der Waals surface area contributed by atoms with Gasteiger partial charge in [-0.2, -0.15) is 0 Å². The first kappa shape index (κ1) is 105. The van der Waals surface area contributed by atoms with E-state index in [9.17, 15) is 19.9 Å². The average Bonchev–Trinajstić information content (AvgIpc) is 0.751. The first-order valence-electron chi connectivity index (χ1n) is 48.3. The summed E-state index contributed by atoms with van der Waals surface area (Å²) in [5.41, 5.74) is 10.6. The molecule has 145 heavy (non-hydrogen) atoms. The molecule has 0 aliphatic carbocycles. The van der Waals surface area contributed by atoms with Gasteiger partial charge in [-0.15, -0.1) is 0 Å². The maximum absolute atomic E-state index is 16.0. The Balaban J connectivity index is 0.948. The molecule has 3 saturated heterocycles. The van der Waals surface area contributed by atoms with Crippen molar-refractivity contribution in [3.05, 3.63) is 411 Å². The monoisotopic (exact) mass is 1970 g/mol. The van der Waals surface area contributed by atoms with Crippen molar-refractivity contribution in [1.82, 2.24) is 0 Å². The summed E-state index contributed by atoms with van der Waals surface area (Å²) in [7, 11) is 1.54. The Hall–Kier alpha value is -15.3. The second kappa shape index (κ2) is 55.4. The molecule has 3 aliphatic heterocycles. The Morgan fingerprint density at radius 3 is 0.917 bits per heavy atom. The Labute approximate surface area is 839 Å². The van der Waals surface area contributed by atoms with Crippen molar-refractivity contribution < 1.29 is 133 Å². The fraction of sp³-hybridized carbons (Fsp3) is 0.316. The molecule has 0 aromatic heterocycles. The number of esters is 10. The van der Waals surface area contributed by atoms with Crippen LogP contribution in [-0.2, 0) is 87.1 Å². The molecular weight excluding hydrogens is 1860 g/mol. The number of hydrogen-bond donors (Lipinski definition) is 0. The summed E-state index contributed by atoms with van der Waals surface area (Å²) in [5, 5.41) is 4.28. The molecule has 17 atom stereocenters. The van der Waals surface area contributed by atoms with Gasteiger partial charge in [0.2, 0.25) is 0 Å². The number of allylic oxidation sites excluding steroid dienone is 1. The van der Waals surface area contributed by atoms with Crippen LogP contribution < -0.4 is 4.74 Å². The molecule has 0 bridgehead atoms. The summed E-state index contributed by atoms with van der Waals surface area (Å²) >= 11 is 0. The molecule has 0 spiro atoms. The maximum atomic E-state index is 16.0. The van der Waals surface area contributed by atoms with Crippen LogP contribution in [0.15, 0.2) is 345 Å². The van der Waals surface area contributed by atoms with E-state index in [-0.39, 0.29) is 62.2 Å². The van der Waals surface area contributed by atoms with Gasteiger partial charge in [0.15, 0.2) is 61.6 Å². The molecule has 0 amide bonds. The summed E-state index contributed by atoms with van der Waals surface area (Å²) < 4.78 is 121. The van der Waals surface area contributed by atoms with Crippen molar-refractivity contribution in [2.75, 3.05) is 33.5 Å².